The summed E-state index contributed by atoms with van der Waals surface area (Å²) in [6.07, 6.45) is 3.86. The fraction of sp³-hybridized carbons (Fsp3) is 0.778. The molecule has 0 unspecified atom stereocenters. The van der Waals surface area contributed by atoms with Gasteiger partial charge in [-0.1, -0.05) is 6.08 Å². The quantitative estimate of drug-likeness (QED) is 0.584. The molecule has 0 aromatic heterocycles. The molecule has 6 nitrogen and oxygen atoms in total. The largest absolute Gasteiger partial charge is 0.467 e. The first-order valence-corrected chi connectivity index (χ1v) is 8.56. The molecule has 0 aromatic carbocycles. The topological polar surface area (TPSA) is 65.1 Å². The van der Waals surface area contributed by atoms with E-state index in [9.17, 15) is 9.59 Å². The number of nitrogens with zero attached hydrogens (tertiary/aromatic N) is 1. The Hall–Kier alpha value is -1.56. The molecule has 2 heterocycles. The molecule has 0 N–H and O–H groups in total. The van der Waals surface area contributed by atoms with Crippen molar-refractivity contribution >= 4 is 12.1 Å². The third-order valence-electron chi connectivity index (χ3n) is 4.59. The van der Waals surface area contributed by atoms with Gasteiger partial charge in [-0.05, 0) is 46.0 Å². The second-order valence-corrected chi connectivity index (χ2v) is 7.61. The van der Waals surface area contributed by atoms with Gasteiger partial charge in [0.25, 0.3) is 0 Å². The Morgan fingerprint density at radius 1 is 1.38 bits per heavy atom. The fourth-order valence-corrected chi connectivity index (χ4v) is 3.60. The minimum absolute atomic E-state index is 0.106. The van der Waals surface area contributed by atoms with Gasteiger partial charge in [-0.2, -0.15) is 0 Å². The predicted octanol–water partition coefficient (Wildman–Crippen LogP) is 2.77. The lowest BCUT2D eigenvalue weighted by Gasteiger charge is -2.28. The third kappa shape index (κ3) is 4.29. The first-order valence-electron chi connectivity index (χ1n) is 8.56. The van der Waals surface area contributed by atoms with E-state index in [2.05, 4.69) is 6.58 Å². The van der Waals surface area contributed by atoms with Crippen molar-refractivity contribution in [3.8, 4) is 0 Å². The predicted molar refractivity (Wildman–Crippen MR) is 89.5 cm³/mol. The maximum absolute atomic E-state index is 12.6. The number of rotatable bonds is 3. The zero-order valence-corrected chi connectivity index (χ0v) is 15.1. The van der Waals surface area contributed by atoms with Crippen LogP contribution in [-0.2, 0) is 19.0 Å². The lowest BCUT2D eigenvalue weighted by atomic mass is 9.88. The number of likely N-dealkylation sites (tertiary alicyclic amines) is 1. The first kappa shape index (κ1) is 18.8. The van der Waals surface area contributed by atoms with Crippen LogP contribution in [0.1, 0.15) is 40.0 Å². The number of ether oxygens (including phenoxy) is 3. The van der Waals surface area contributed by atoms with Gasteiger partial charge in [-0.3, -0.25) is 4.90 Å². The first-order chi connectivity index (χ1) is 11.3. The van der Waals surface area contributed by atoms with Crippen LogP contribution in [0.4, 0.5) is 4.79 Å². The van der Waals surface area contributed by atoms with Gasteiger partial charge < -0.3 is 14.2 Å². The molecule has 2 fully saturated rings. The molecule has 0 radical (unpaired) electrons. The Balaban J connectivity index is 2.20. The highest BCUT2D eigenvalue weighted by Gasteiger charge is 2.51. The SMILES string of the molecule is C=CC[C@@H]1CCO[C@@H]2[C@@H](C1)CN(C(=O)OC(C)(C)C)[C@@H]2C(=O)OC. The van der Waals surface area contributed by atoms with E-state index < -0.39 is 23.7 Å². The molecule has 6 heteroatoms. The van der Waals surface area contributed by atoms with Crippen molar-refractivity contribution in [2.45, 2.75) is 57.8 Å². The third-order valence-corrected chi connectivity index (χ3v) is 4.59. The highest BCUT2D eigenvalue weighted by molar-refractivity contribution is 5.83. The molecule has 2 aliphatic rings. The zero-order valence-electron chi connectivity index (χ0n) is 15.1. The smallest absolute Gasteiger partial charge is 0.411 e. The van der Waals surface area contributed by atoms with E-state index in [1.807, 2.05) is 26.8 Å². The molecule has 2 rings (SSSR count). The standard InChI is InChI=1S/C18H29NO5/c1-6-7-12-8-9-23-15-13(10-12)11-19(14(15)16(20)22-5)17(21)24-18(2,3)4/h6,12-15H,1,7-11H2,2-5H3/t12-,13+,14+,15-/m1/s1. The highest BCUT2D eigenvalue weighted by atomic mass is 16.6. The zero-order chi connectivity index (χ0) is 17.9. The normalized spacial score (nSPS) is 30.2. The van der Waals surface area contributed by atoms with Crippen molar-refractivity contribution in [1.29, 1.82) is 0 Å². The van der Waals surface area contributed by atoms with Crippen LogP contribution in [0.2, 0.25) is 0 Å². The number of hydrogen-bond acceptors (Lipinski definition) is 5. The summed E-state index contributed by atoms with van der Waals surface area (Å²) >= 11 is 0. The number of methoxy groups -OCH3 is 1. The summed E-state index contributed by atoms with van der Waals surface area (Å²) in [4.78, 5) is 26.3. The maximum atomic E-state index is 12.6. The molecular weight excluding hydrogens is 310 g/mol. The highest BCUT2D eigenvalue weighted by Crippen LogP contribution is 2.37. The van der Waals surface area contributed by atoms with Crippen molar-refractivity contribution in [3.05, 3.63) is 12.7 Å². The molecule has 2 saturated heterocycles. The molecule has 0 aliphatic carbocycles. The summed E-state index contributed by atoms with van der Waals surface area (Å²) in [7, 11) is 1.33. The maximum Gasteiger partial charge on any atom is 0.411 e. The Kier molecular flexibility index (Phi) is 5.91. The molecule has 0 saturated carbocycles. The van der Waals surface area contributed by atoms with E-state index in [1.165, 1.54) is 12.0 Å². The van der Waals surface area contributed by atoms with Crippen molar-refractivity contribution in [3.63, 3.8) is 0 Å². The Bertz CT molecular complexity index is 484. The second kappa shape index (κ2) is 7.55. The van der Waals surface area contributed by atoms with E-state index >= 15 is 0 Å². The van der Waals surface area contributed by atoms with E-state index in [0.29, 0.717) is 19.1 Å². The number of hydrogen-bond donors (Lipinski definition) is 0. The van der Waals surface area contributed by atoms with Crippen LogP contribution in [0.3, 0.4) is 0 Å². The van der Waals surface area contributed by atoms with Crippen molar-refractivity contribution in [2.24, 2.45) is 11.8 Å². The van der Waals surface area contributed by atoms with Gasteiger partial charge in [-0.15, -0.1) is 6.58 Å². The van der Waals surface area contributed by atoms with E-state index in [0.717, 1.165) is 19.3 Å². The van der Waals surface area contributed by atoms with Crippen LogP contribution in [0.15, 0.2) is 12.7 Å². The number of carbonyl (C=O) groups is 2. The van der Waals surface area contributed by atoms with E-state index in [4.69, 9.17) is 14.2 Å². The lowest BCUT2D eigenvalue weighted by Crippen LogP contribution is -2.48. The molecule has 0 bridgehead atoms. The van der Waals surface area contributed by atoms with Gasteiger partial charge in [-0.25, -0.2) is 9.59 Å². The summed E-state index contributed by atoms with van der Waals surface area (Å²) in [5, 5.41) is 0. The lowest BCUT2D eigenvalue weighted by molar-refractivity contribution is -0.150. The van der Waals surface area contributed by atoms with Crippen LogP contribution in [-0.4, -0.2) is 55.0 Å². The van der Waals surface area contributed by atoms with Gasteiger partial charge in [0, 0.05) is 19.1 Å². The molecule has 1 amide bonds. The van der Waals surface area contributed by atoms with Crippen LogP contribution >= 0.6 is 0 Å². The summed E-state index contributed by atoms with van der Waals surface area (Å²) in [5.74, 6) is 0.124. The fourth-order valence-electron chi connectivity index (χ4n) is 3.60. The molecule has 24 heavy (non-hydrogen) atoms. The van der Waals surface area contributed by atoms with Crippen molar-refractivity contribution < 1.29 is 23.8 Å². The van der Waals surface area contributed by atoms with Crippen LogP contribution < -0.4 is 0 Å². The van der Waals surface area contributed by atoms with Crippen LogP contribution in [0.25, 0.3) is 0 Å². The number of allylic oxidation sites excluding steroid dienone is 1. The summed E-state index contributed by atoms with van der Waals surface area (Å²) < 4.78 is 16.4. The minimum Gasteiger partial charge on any atom is -0.467 e. The molecule has 2 aliphatic heterocycles. The van der Waals surface area contributed by atoms with Gasteiger partial charge in [0.2, 0.25) is 0 Å². The van der Waals surface area contributed by atoms with Crippen molar-refractivity contribution in [1.82, 2.24) is 4.90 Å². The van der Waals surface area contributed by atoms with Gasteiger partial charge >= 0.3 is 12.1 Å². The van der Waals surface area contributed by atoms with Crippen LogP contribution in [0, 0.1) is 11.8 Å². The Labute approximate surface area is 144 Å². The monoisotopic (exact) mass is 339 g/mol. The number of carbonyl (C=O) groups excluding carboxylic acids is 2. The Morgan fingerprint density at radius 2 is 2.08 bits per heavy atom. The number of esters is 1. The van der Waals surface area contributed by atoms with E-state index in [1.54, 1.807) is 0 Å². The minimum atomic E-state index is -0.739. The summed E-state index contributed by atoms with van der Waals surface area (Å²) in [5.41, 5.74) is -0.616. The van der Waals surface area contributed by atoms with E-state index in [-0.39, 0.29) is 12.0 Å². The van der Waals surface area contributed by atoms with Gasteiger partial charge in [0.1, 0.15) is 5.60 Å². The van der Waals surface area contributed by atoms with Crippen molar-refractivity contribution in [2.75, 3.05) is 20.3 Å². The molecular formula is C18H29NO5. The Morgan fingerprint density at radius 3 is 2.67 bits per heavy atom. The average Bonchev–Trinajstić information content (AvgIpc) is 2.72. The average molecular weight is 339 g/mol. The van der Waals surface area contributed by atoms with Gasteiger partial charge in [0.05, 0.1) is 13.2 Å². The molecule has 0 aromatic rings. The molecule has 4 atom stereocenters. The molecule has 0 spiro atoms. The molecule has 136 valence electrons. The number of fused-ring (bicyclic) bond motifs is 1. The summed E-state index contributed by atoms with van der Waals surface area (Å²) in [6, 6.07) is -0.739. The number of amides is 1. The van der Waals surface area contributed by atoms with Crippen LogP contribution in [0.5, 0.6) is 0 Å². The summed E-state index contributed by atoms with van der Waals surface area (Å²) in [6.45, 7) is 10.3. The van der Waals surface area contributed by atoms with Gasteiger partial charge in [0.15, 0.2) is 6.04 Å². The second-order valence-electron chi connectivity index (χ2n) is 7.61.